The van der Waals surface area contributed by atoms with Crippen LogP contribution in [0.2, 0.25) is 0 Å². The van der Waals surface area contributed by atoms with Crippen LogP contribution in [0, 0.1) is 46.3 Å². The molecule has 8 atom stereocenters. The van der Waals surface area contributed by atoms with E-state index in [4.69, 9.17) is 9.47 Å². The Morgan fingerprint density at radius 3 is 2.16 bits per heavy atom. The number of allylic oxidation sites excluding steroid dienone is 2. The number of rotatable bonds is 29. The smallest absolute Gasteiger partial charge is 0.306 e. The molecule has 0 bridgehead atoms. The van der Waals surface area contributed by atoms with Crippen molar-refractivity contribution in [3.05, 3.63) is 23.8 Å². The quantitative estimate of drug-likeness (QED) is 0.0464. The van der Waals surface area contributed by atoms with Crippen LogP contribution in [-0.4, -0.2) is 37.7 Å². The van der Waals surface area contributed by atoms with Crippen molar-refractivity contribution in [2.24, 2.45) is 46.3 Å². The third-order valence-corrected chi connectivity index (χ3v) is 15.8. The van der Waals surface area contributed by atoms with Crippen molar-refractivity contribution in [2.45, 2.75) is 227 Å². The Morgan fingerprint density at radius 2 is 1.44 bits per heavy atom. The number of hydrogen-bond donors (Lipinski definition) is 1. The first-order chi connectivity index (χ1) is 27.6. The van der Waals surface area contributed by atoms with E-state index in [1.54, 1.807) is 5.57 Å². The molecular formula is C52H91NO4. The monoisotopic (exact) mass is 794 g/mol. The Bertz CT molecular complexity index is 1210. The third-order valence-electron chi connectivity index (χ3n) is 15.8. The molecule has 5 nitrogen and oxygen atoms in total. The van der Waals surface area contributed by atoms with Gasteiger partial charge in [-0.15, -0.1) is 0 Å². The highest BCUT2D eigenvalue weighted by molar-refractivity contribution is 5.69. The average Bonchev–Trinajstić information content (AvgIpc) is 3.54. The first-order valence-corrected chi connectivity index (χ1v) is 25.0. The van der Waals surface area contributed by atoms with Gasteiger partial charge in [0.05, 0.1) is 0 Å². The third kappa shape index (κ3) is 15.4. The molecule has 4 rings (SSSR count). The molecule has 3 saturated carbocycles. The predicted octanol–water partition coefficient (Wildman–Crippen LogP) is 14.3. The first-order valence-electron chi connectivity index (χ1n) is 25.0. The zero-order valence-electron chi connectivity index (χ0n) is 38.3. The molecule has 0 unspecified atom stereocenters. The molecule has 0 aromatic rings. The fourth-order valence-corrected chi connectivity index (χ4v) is 12.3. The highest BCUT2D eigenvalue weighted by Gasteiger charge is 2.59. The highest BCUT2D eigenvalue weighted by Crippen LogP contribution is 2.67. The number of unbranched alkanes of at least 4 members (excludes halogenated alkanes) is 12. The SMILES string of the molecule is CCCCCC/C=C\COC(=O)CCCCCCCNCCCCCCCC(=O)O[C@H]1CC[C@@]2(C)C(=CC[C@H]3[C@@H]4CC[C@H]([C@H](C)CCCC(C)C)[C@@]4(C)CC[C@@H]32)C1. The second kappa shape index (κ2) is 25.9. The Balaban J connectivity index is 0.977. The van der Waals surface area contributed by atoms with Gasteiger partial charge in [0.1, 0.15) is 12.7 Å². The summed E-state index contributed by atoms with van der Waals surface area (Å²) in [6, 6.07) is 0. The average molecular weight is 794 g/mol. The topological polar surface area (TPSA) is 64.6 Å². The standard InChI is InChI=1S/C52H91NO4/c1-7-8-9-10-11-18-23-39-56-49(54)27-19-14-12-16-21-37-53-38-22-17-13-15-20-28-50(55)57-44-33-35-51(5)43(40-44)29-30-45-47-32-31-46(42(4)26-24-25-41(2)3)52(47,6)36-34-48(45)51/h18,23,29,41-42,44-48,53H,7-17,19-22,24-28,30-40H2,1-6H3/b23-18-/t42-,44+,45+,46-,47+,48+,51+,52-/m1/s1. The molecule has 3 fully saturated rings. The minimum Gasteiger partial charge on any atom is -0.462 e. The number of carbonyl (C=O) groups excluding carboxylic acids is 2. The van der Waals surface area contributed by atoms with Crippen molar-refractivity contribution in [3.8, 4) is 0 Å². The van der Waals surface area contributed by atoms with Crippen molar-refractivity contribution in [3.63, 3.8) is 0 Å². The van der Waals surface area contributed by atoms with E-state index in [0.717, 1.165) is 93.5 Å². The van der Waals surface area contributed by atoms with Crippen LogP contribution in [0.5, 0.6) is 0 Å². The summed E-state index contributed by atoms with van der Waals surface area (Å²) in [6.07, 6.45) is 39.9. The lowest BCUT2D eigenvalue weighted by Crippen LogP contribution is -2.51. The fraction of sp³-hybridized carbons (Fsp3) is 0.885. The minimum absolute atomic E-state index is 0.0312. The van der Waals surface area contributed by atoms with Crippen LogP contribution in [0.3, 0.4) is 0 Å². The molecule has 0 aromatic heterocycles. The Morgan fingerprint density at radius 1 is 0.754 bits per heavy atom. The molecule has 57 heavy (non-hydrogen) atoms. The molecule has 0 aliphatic heterocycles. The maximum absolute atomic E-state index is 12.9. The van der Waals surface area contributed by atoms with Crippen molar-refractivity contribution >= 4 is 11.9 Å². The summed E-state index contributed by atoms with van der Waals surface area (Å²) in [7, 11) is 0. The van der Waals surface area contributed by atoms with Crippen LogP contribution in [0.1, 0.15) is 221 Å². The van der Waals surface area contributed by atoms with Crippen molar-refractivity contribution in [2.75, 3.05) is 19.7 Å². The van der Waals surface area contributed by atoms with Gasteiger partial charge in [0.2, 0.25) is 0 Å². The van der Waals surface area contributed by atoms with E-state index >= 15 is 0 Å². The number of ether oxygens (including phenoxy) is 2. The Hall–Kier alpha value is -1.62. The van der Waals surface area contributed by atoms with Crippen LogP contribution in [0.25, 0.3) is 0 Å². The Labute approximate surface area is 352 Å². The number of esters is 2. The van der Waals surface area contributed by atoms with E-state index in [-0.39, 0.29) is 18.0 Å². The molecule has 0 amide bonds. The van der Waals surface area contributed by atoms with Gasteiger partial charge in [-0.3, -0.25) is 9.59 Å². The van der Waals surface area contributed by atoms with Crippen molar-refractivity contribution in [1.82, 2.24) is 5.32 Å². The lowest BCUT2D eigenvalue weighted by molar-refractivity contribution is -0.151. The van der Waals surface area contributed by atoms with Crippen molar-refractivity contribution in [1.29, 1.82) is 0 Å². The van der Waals surface area contributed by atoms with Crippen LogP contribution >= 0.6 is 0 Å². The lowest BCUT2D eigenvalue weighted by Gasteiger charge is -2.58. The number of carbonyl (C=O) groups is 2. The van der Waals surface area contributed by atoms with Gasteiger partial charge in [-0.1, -0.05) is 142 Å². The second-order valence-corrected chi connectivity index (χ2v) is 20.4. The van der Waals surface area contributed by atoms with Crippen LogP contribution in [0.15, 0.2) is 23.8 Å². The molecular weight excluding hydrogens is 703 g/mol. The highest BCUT2D eigenvalue weighted by atomic mass is 16.5. The number of nitrogens with one attached hydrogen (secondary N) is 1. The first kappa shape index (κ1) is 48.1. The molecule has 4 aliphatic rings. The van der Waals surface area contributed by atoms with Gasteiger partial charge in [-0.05, 0) is 143 Å². The molecule has 0 aromatic carbocycles. The number of fused-ring (bicyclic) bond motifs is 5. The zero-order chi connectivity index (χ0) is 40.9. The summed E-state index contributed by atoms with van der Waals surface area (Å²) in [5.74, 6) is 5.15. The van der Waals surface area contributed by atoms with Gasteiger partial charge in [0.15, 0.2) is 0 Å². The summed E-state index contributed by atoms with van der Waals surface area (Å²) < 4.78 is 11.5. The van der Waals surface area contributed by atoms with Crippen LogP contribution in [0.4, 0.5) is 0 Å². The summed E-state index contributed by atoms with van der Waals surface area (Å²) >= 11 is 0. The molecule has 5 heteroatoms. The predicted molar refractivity (Wildman–Crippen MR) is 240 cm³/mol. The molecule has 0 heterocycles. The zero-order valence-corrected chi connectivity index (χ0v) is 38.3. The maximum atomic E-state index is 12.9. The molecule has 0 spiro atoms. The normalized spacial score (nSPS) is 28.8. The minimum atomic E-state index is -0.0604. The van der Waals surface area contributed by atoms with E-state index in [9.17, 15) is 9.59 Å². The van der Waals surface area contributed by atoms with Gasteiger partial charge < -0.3 is 14.8 Å². The summed E-state index contributed by atoms with van der Waals surface area (Å²) in [4.78, 5) is 24.8. The van der Waals surface area contributed by atoms with E-state index in [1.807, 2.05) is 6.08 Å². The van der Waals surface area contributed by atoms with E-state index in [2.05, 4.69) is 59.0 Å². The van der Waals surface area contributed by atoms with E-state index in [0.29, 0.717) is 30.3 Å². The van der Waals surface area contributed by atoms with Crippen LogP contribution in [-0.2, 0) is 19.1 Å². The number of hydrogen-bond acceptors (Lipinski definition) is 5. The van der Waals surface area contributed by atoms with Crippen molar-refractivity contribution < 1.29 is 19.1 Å². The lowest BCUT2D eigenvalue weighted by atomic mass is 9.47. The van der Waals surface area contributed by atoms with Gasteiger partial charge in [-0.25, -0.2) is 0 Å². The van der Waals surface area contributed by atoms with Crippen LogP contribution < -0.4 is 5.32 Å². The fourth-order valence-electron chi connectivity index (χ4n) is 12.3. The molecule has 4 aliphatic carbocycles. The molecule has 1 N–H and O–H groups in total. The van der Waals surface area contributed by atoms with E-state index < -0.39 is 0 Å². The van der Waals surface area contributed by atoms with Gasteiger partial charge in [0, 0.05) is 19.3 Å². The van der Waals surface area contributed by atoms with Gasteiger partial charge in [-0.2, -0.15) is 0 Å². The van der Waals surface area contributed by atoms with Gasteiger partial charge in [0.25, 0.3) is 0 Å². The molecule has 0 saturated heterocycles. The molecule has 0 radical (unpaired) electrons. The van der Waals surface area contributed by atoms with Gasteiger partial charge >= 0.3 is 11.9 Å². The maximum Gasteiger partial charge on any atom is 0.306 e. The summed E-state index contributed by atoms with van der Waals surface area (Å²) in [5, 5.41) is 3.60. The second-order valence-electron chi connectivity index (χ2n) is 20.4. The summed E-state index contributed by atoms with van der Waals surface area (Å²) in [5.41, 5.74) is 2.48. The Kier molecular flexibility index (Phi) is 21.8. The summed E-state index contributed by atoms with van der Waals surface area (Å²) in [6.45, 7) is 17.4. The van der Waals surface area contributed by atoms with E-state index in [1.165, 1.54) is 122 Å². The molecule has 328 valence electrons. The largest absolute Gasteiger partial charge is 0.462 e.